The first-order valence-electron chi connectivity index (χ1n) is 20.3. The van der Waals surface area contributed by atoms with E-state index in [0.717, 1.165) is 17.5 Å². The number of hydrogen-bond acceptors (Lipinski definition) is 0. The molecule has 2 heteroatoms. The van der Waals surface area contributed by atoms with Crippen LogP contribution in [0, 0.1) is 17.3 Å². The summed E-state index contributed by atoms with van der Waals surface area (Å²) >= 11 is 0. The predicted molar refractivity (Wildman–Crippen MR) is 220 cm³/mol. The molecular formula is C47H66P2. The molecule has 4 aliphatic carbocycles. The average molecular weight is 693 g/mol. The summed E-state index contributed by atoms with van der Waals surface area (Å²) in [6.07, 6.45) is 20.1. The Bertz CT molecular complexity index is 1480. The molecule has 3 fully saturated rings. The van der Waals surface area contributed by atoms with E-state index in [1.807, 2.05) is 11.1 Å². The normalized spacial score (nSPS) is 27.9. The van der Waals surface area contributed by atoms with E-state index in [1.54, 1.807) is 5.30 Å². The summed E-state index contributed by atoms with van der Waals surface area (Å²) in [5.74, 6) is 2.33. The van der Waals surface area contributed by atoms with Gasteiger partial charge in [0.25, 0.3) is 0 Å². The Labute approximate surface area is 303 Å². The van der Waals surface area contributed by atoms with Crippen LogP contribution >= 0.6 is 15.8 Å². The third kappa shape index (κ3) is 6.45. The van der Waals surface area contributed by atoms with E-state index in [4.69, 9.17) is 0 Å². The summed E-state index contributed by atoms with van der Waals surface area (Å²) in [4.78, 5) is 0. The van der Waals surface area contributed by atoms with Crippen molar-refractivity contribution < 1.29 is 0 Å². The zero-order valence-electron chi connectivity index (χ0n) is 32.1. The highest BCUT2D eigenvalue weighted by Crippen LogP contribution is 2.73. The summed E-state index contributed by atoms with van der Waals surface area (Å²) in [5, 5.41) is 5.41. The minimum Gasteiger partial charge on any atom is -0.0921 e. The second-order valence-electron chi connectivity index (χ2n) is 18.7. The molecule has 3 aromatic carbocycles. The lowest BCUT2D eigenvalue weighted by atomic mass is 9.57. The maximum Gasteiger partial charge on any atom is -0.00157 e. The third-order valence-electron chi connectivity index (χ3n) is 14.1. The van der Waals surface area contributed by atoms with Crippen LogP contribution in [0.5, 0.6) is 0 Å². The molecule has 49 heavy (non-hydrogen) atoms. The second kappa shape index (κ2) is 14.2. The Hall–Kier alpha value is -1.48. The molecule has 0 nitrogen and oxygen atoms in total. The Kier molecular flexibility index (Phi) is 10.4. The zero-order chi connectivity index (χ0) is 34.4. The Morgan fingerprint density at radius 1 is 0.571 bits per heavy atom. The van der Waals surface area contributed by atoms with Gasteiger partial charge in [0.05, 0.1) is 0 Å². The Morgan fingerprint density at radius 2 is 1.12 bits per heavy atom. The summed E-state index contributed by atoms with van der Waals surface area (Å²) in [5.41, 5.74) is 5.17. The fourth-order valence-corrected chi connectivity index (χ4v) is 20.9. The molecule has 0 saturated heterocycles. The standard InChI is InChI=1S/C47H66P2/c1-35(49(44(2,3)4)45(5,6)7)47-34-20-30-41(47)43-40(46(32-16-17-33-46)36-21-14-15-22-37(47)24-18-23-36)29-19-31-42(43)48(38-25-10-8-11-26-38)39-27-12-9-13-28-39/h8-13,19,25-29,31,35-37,41H,14-18,20-24,30,32-34H2,1-7H3. The van der Waals surface area contributed by atoms with Gasteiger partial charge in [0.15, 0.2) is 0 Å². The van der Waals surface area contributed by atoms with Gasteiger partial charge in [0.2, 0.25) is 0 Å². The van der Waals surface area contributed by atoms with Gasteiger partial charge in [-0.25, -0.2) is 0 Å². The molecule has 5 atom stereocenters. The monoisotopic (exact) mass is 692 g/mol. The van der Waals surface area contributed by atoms with Gasteiger partial charge in [0.1, 0.15) is 0 Å². The van der Waals surface area contributed by atoms with Crippen molar-refractivity contribution >= 4 is 31.8 Å². The van der Waals surface area contributed by atoms with Crippen LogP contribution in [0.25, 0.3) is 0 Å². The summed E-state index contributed by atoms with van der Waals surface area (Å²) in [7, 11) is -0.920. The molecule has 7 rings (SSSR count). The smallest absolute Gasteiger partial charge is 0.00157 e. The van der Waals surface area contributed by atoms with Crippen LogP contribution in [0.3, 0.4) is 0 Å². The molecule has 0 aliphatic heterocycles. The van der Waals surface area contributed by atoms with E-state index in [-0.39, 0.29) is 7.92 Å². The molecule has 4 aliphatic rings. The van der Waals surface area contributed by atoms with Crippen molar-refractivity contribution in [1.29, 1.82) is 0 Å². The van der Waals surface area contributed by atoms with Crippen molar-refractivity contribution in [2.24, 2.45) is 17.3 Å². The summed E-state index contributed by atoms with van der Waals surface area (Å²) < 4.78 is 0. The maximum atomic E-state index is 2.81. The SMILES string of the molecule is CC(P(C(C)(C)C)C(C)(C)C)C12CCCC1c1c(P(c3ccccc3)c3ccccc3)cccc1C1(CCCC1)C1CCCCC2CCC1. The third-order valence-corrected chi connectivity index (χ3v) is 20.7. The van der Waals surface area contributed by atoms with Crippen LogP contribution < -0.4 is 15.9 Å². The minimum atomic E-state index is -0.669. The largest absolute Gasteiger partial charge is 0.0921 e. The summed E-state index contributed by atoms with van der Waals surface area (Å²) in [6, 6.07) is 31.3. The van der Waals surface area contributed by atoms with Gasteiger partial charge in [0, 0.05) is 0 Å². The first-order chi connectivity index (χ1) is 23.5. The second-order valence-corrected chi connectivity index (χ2v) is 25.0. The van der Waals surface area contributed by atoms with Crippen molar-refractivity contribution in [2.75, 3.05) is 0 Å². The molecule has 5 unspecified atom stereocenters. The molecule has 264 valence electrons. The number of benzene rings is 3. The first kappa shape index (κ1) is 35.9. The molecule has 0 N–H and O–H groups in total. The van der Waals surface area contributed by atoms with Crippen molar-refractivity contribution in [1.82, 2.24) is 0 Å². The molecule has 1 spiro atoms. The Morgan fingerprint density at radius 3 is 1.71 bits per heavy atom. The highest BCUT2D eigenvalue weighted by Gasteiger charge is 2.59. The molecular weight excluding hydrogens is 626 g/mol. The van der Waals surface area contributed by atoms with Gasteiger partial charge in [-0.05, 0) is 131 Å². The molecule has 2 bridgehead atoms. The number of rotatable bonds is 5. The number of fused-ring (bicyclic) bond motifs is 10. The summed E-state index contributed by atoms with van der Waals surface area (Å²) in [6.45, 7) is 18.4. The lowest BCUT2D eigenvalue weighted by Gasteiger charge is -2.57. The van der Waals surface area contributed by atoms with Crippen molar-refractivity contribution in [2.45, 2.75) is 166 Å². The lowest BCUT2D eigenvalue weighted by Crippen LogP contribution is -2.48. The predicted octanol–water partition coefficient (Wildman–Crippen LogP) is 13.0. The van der Waals surface area contributed by atoms with Crippen molar-refractivity contribution in [3.8, 4) is 0 Å². The van der Waals surface area contributed by atoms with Gasteiger partial charge in [-0.15, -0.1) is 0 Å². The fourth-order valence-electron chi connectivity index (χ4n) is 13.0. The first-order valence-corrected chi connectivity index (χ1v) is 23.1. The minimum absolute atomic E-state index is 0.250. The van der Waals surface area contributed by atoms with E-state index >= 15 is 0 Å². The van der Waals surface area contributed by atoms with E-state index in [0.29, 0.717) is 27.1 Å². The molecule has 3 aromatic rings. The zero-order valence-corrected chi connectivity index (χ0v) is 33.9. The van der Waals surface area contributed by atoms with Crippen LogP contribution in [0.15, 0.2) is 78.9 Å². The van der Waals surface area contributed by atoms with E-state index in [2.05, 4.69) is 127 Å². The lowest BCUT2D eigenvalue weighted by molar-refractivity contribution is 0.109. The highest BCUT2D eigenvalue weighted by atomic mass is 31.1. The van der Waals surface area contributed by atoms with E-state index < -0.39 is 7.92 Å². The van der Waals surface area contributed by atoms with Gasteiger partial charge >= 0.3 is 0 Å². The van der Waals surface area contributed by atoms with Crippen LogP contribution in [-0.2, 0) is 5.41 Å². The topological polar surface area (TPSA) is 0 Å². The average Bonchev–Trinajstić information content (AvgIpc) is 3.75. The van der Waals surface area contributed by atoms with Crippen LogP contribution in [0.2, 0.25) is 0 Å². The molecule has 0 aromatic heterocycles. The van der Waals surface area contributed by atoms with Crippen LogP contribution in [-0.4, -0.2) is 16.0 Å². The quantitative estimate of drug-likeness (QED) is 0.234. The Balaban J connectivity index is 1.57. The van der Waals surface area contributed by atoms with E-state index in [9.17, 15) is 0 Å². The van der Waals surface area contributed by atoms with Crippen LogP contribution in [0.1, 0.15) is 155 Å². The molecule has 0 heterocycles. The van der Waals surface area contributed by atoms with Crippen molar-refractivity contribution in [3.63, 3.8) is 0 Å². The molecule has 3 saturated carbocycles. The van der Waals surface area contributed by atoms with Gasteiger partial charge in [-0.1, -0.05) is 174 Å². The van der Waals surface area contributed by atoms with Gasteiger partial charge in [-0.3, -0.25) is 0 Å². The molecule has 0 radical (unpaired) electrons. The van der Waals surface area contributed by atoms with Crippen LogP contribution in [0.4, 0.5) is 0 Å². The number of hydrogen-bond donors (Lipinski definition) is 0. The highest BCUT2D eigenvalue weighted by molar-refractivity contribution is 7.80. The van der Waals surface area contributed by atoms with Gasteiger partial charge in [-0.2, -0.15) is 0 Å². The van der Waals surface area contributed by atoms with Gasteiger partial charge < -0.3 is 0 Å². The fraction of sp³-hybridized carbons (Fsp3) is 0.617. The van der Waals surface area contributed by atoms with Crippen molar-refractivity contribution in [3.05, 3.63) is 90.0 Å². The maximum absolute atomic E-state index is 2.81. The van der Waals surface area contributed by atoms with E-state index in [1.165, 1.54) is 101 Å². The molecule has 0 amide bonds.